The molecular weight excluding hydrogens is 244 g/mol. The zero-order chi connectivity index (χ0) is 13.3. The van der Waals surface area contributed by atoms with Crippen molar-refractivity contribution in [2.75, 3.05) is 18.1 Å². The second-order valence-electron chi connectivity index (χ2n) is 5.04. The molecule has 1 heterocycles. The fourth-order valence-corrected chi connectivity index (χ4v) is 2.97. The highest BCUT2D eigenvalue weighted by Gasteiger charge is 2.32. The van der Waals surface area contributed by atoms with Gasteiger partial charge >= 0.3 is 0 Å². The monoisotopic (exact) mass is 264 g/mol. The van der Waals surface area contributed by atoms with Gasteiger partial charge in [-0.2, -0.15) is 0 Å². The Kier molecular flexibility index (Phi) is 3.88. The molecule has 18 heavy (non-hydrogen) atoms. The number of hydrogen-bond donors (Lipinski definition) is 2. The molecule has 0 saturated carbocycles. The molecule has 2 unspecified atom stereocenters. The summed E-state index contributed by atoms with van der Waals surface area (Å²) in [7, 11) is 0. The van der Waals surface area contributed by atoms with Crippen LogP contribution in [0.2, 0.25) is 0 Å². The van der Waals surface area contributed by atoms with Gasteiger partial charge in [0.1, 0.15) is 4.99 Å². The van der Waals surface area contributed by atoms with E-state index in [0.717, 1.165) is 29.8 Å². The molecule has 0 aliphatic carbocycles. The van der Waals surface area contributed by atoms with Crippen LogP contribution in [-0.2, 0) is 0 Å². The van der Waals surface area contributed by atoms with Gasteiger partial charge in [0.25, 0.3) is 0 Å². The number of benzene rings is 1. The second kappa shape index (κ2) is 5.24. The van der Waals surface area contributed by atoms with Crippen LogP contribution in [0, 0.1) is 12.8 Å². The van der Waals surface area contributed by atoms with E-state index >= 15 is 0 Å². The van der Waals surface area contributed by atoms with Crippen LogP contribution in [0.1, 0.15) is 24.5 Å². The van der Waals surface area contributed by atoms with E-state index in [2.05, 4.69) is 24.8 Å². The van der Waals surface area contributed by atoms with Crippen molar-refractivity contribution in [3.63, 3.8) is 0 Å². The molecule has 3 N–H and O–H groups in total. The van der Waals surface area contributed by atoms with E-state index in [9.17, 15) is 5.11 Å². The molecule has 0 amide bonds. The molecule has 98 valence electrons. The minimum Gasteiger partial charge on any atom is -0.394 e. The first-order chi connectivity index (χ1) is 8.56. The van der Waals surface area contributed by atoms with E-state index in [4.69, 9.17) is 18.0 Å². The van der Waals surface area contributed by atoms with Crippen LogP contribution >= 0.6 is 12.2 Å². The highest BCUT2D eigenvalue weighted by atomic mass is 32.1. The van der Waals surface area contributed by atoms with Gasteiger partial charge in [0.05, 0.1) is 18.3 Å². The third-order valence-electron chi connectivity index (χ3n) is 3.86. The molecule has 2 rings (SSSR count). The Morgan fingerprint density at radius 3 is 2.89 bits per heavy atom. The standard InChI is InChI=1S/C14H20N2OS/c1-9-6-7-16(12(9)8-17)13-10(2)4-3-5-11(13)14(15)18/h3-5,9,12,17H,6-8H2,1-2H3,(H2,15,18). The predicted molar refractivity (Wildman–Crippen MR) is 79.1 cm³/mol. The minimum absolute atomic E-state index is 0.166. The number of aryl methyl sites for hydroxylation is 1. The van der Waals surface area contributed by atoms with Gasteiger partial charge < -0.3 is 15.7 Å². The van der Waals surface area contributed by atoms with Crippen LogP contribution in [0.3, 0.4) is 0 Å². The van der Waals surface area contributed by atoms with Gasteiger partial charge in [0.2, 0.25) is 0 Å². The first-order valence-corrected chi connectivity index (χ1v) is 6.74. The number of nitrogens with zero attached hydrogens (tertiary/aromatic N) is 1. The maximum Gasteiger partial charge on any atom is 0.106 e. The van der Waals surface area contributed by atoms with Crippen molar-refractivity contribution in [3.8, 4) is 0 Å². The fraction of sp³-hybridized carbons (Fsp3) is 0.500. The number of nitrogens with two attached hydrogens (primary N) is 1. The topological polar surface area (TPSA) is 49.5 Å². The van der Waals surface area contributed by atoms with Crippen molar-refractivity contribution in [1.29, 1.82) is 0 Å². The smallest absolute Gasteiger partial charge is 0.106 e. The molecule has 2 atom stereocenters. The Hall–Kier alpha value is -1.13. The molecule has 1 aromatic rings. The lowest BCUT2D eigenvalue weighted by Crippen LogP contribution is -2.37. The summed E-state index contributed by atoms with van der Waals surface area (Å²) in [5.41, 5.74) is 8.98. The highest BCUT2D eigenvalue weighted by Crippen LogP contribution is 2.34. The summed E-state index contributed by atoms with van der Waals surface area (Å²) in [6, 6.07) is 6.16. The van der Waals surface area contributed by atoms with Gasteiger partial charge in [0.15, 0.2) is 0 Å². The third kappa shape index (κ3) is 2.22. The van der Waals surface area contributed by atoms with Crippen molar-refractivity contribution >= 4 is 22.9 Å². The Labute approximate surface area is 114 Å². The SMILES string of the molecule is Cc1cccc(C(N)=S)c1N1CCC(C)C1CO. The fourth-order valence-electron chi connectivity index (χ4n) is 2.80. The third-order valence-corrected chi connectivity index (χ3v) is 4.08. The summed E-state index contributed by atoms with van der Waals surface area (Å²) in [4.78, 5) is 2.68. The first-order valence-electron chi connectivity index (χ1n) is 6.33. The van der Waals surface area contributed by atoms with Crippen LogP contribution in [-0.4, -0.2) is 29.3 Å². The summed E-state index contributed by atoms with van der Waals surface area (Å²) in [5, 5.41) is 9.58. The van der Waals surface area contributed by atoms with E-state index in [1.54, 1.807) is 0 Å². The van der Waals surface area contributed by atoms with Gasteiger partial charge in [-0.25, -0.2) is 0 Å². The van der Waals surface area contributed by atoms with Crippen molar-refractivity contribution in [2.45, 2.75) is 26.3 Å². The number of aliphatic hydroxyl groups is 1. The van der Waals surface area contributed by atoms with Crippen molar-refractivity contribution in [2.24, 2.45) is 11.7 Å². The number of anilines is 1. The average Bonchev–Trinajstić information content (AvgIpc) is 2.69. The molecular formula is C14H20N2OS. The molecule has 1 fully saturated rings. The largest absolute Gasteiger partial charge is 0.394 e. The van der Waals surface area contributed by atoms with E-state index < -0.39 is 0 Å². The van der Waals surface area contributed by atoms with Crippen LogP contribution in [0.5, 0.6) is 0 Å². The van der Waals surface area contributed by atoms with Crippen LogP contribution < -0.4 is 10.6 Å². The molecule has 0 spiro atoms. The van der Waals surface area contributed by atoms with E-state index in [0.29, 0.717) is 10.9 Å². The Morgan fingerprint density at radius 2 is 2.28 bits per heavy atom. The van der Waals surface area contributed by atoms with E-state index in [-0.39, 0.29) is 12.6 Å². The lowest BCUT2D eigenvalue weighted by molar-refractivity contribution is 0.244. The van der Waals surface area contributed by atoms with Crippen molar-refractivity contribution < 1.29 is 5.11 Å². The lowest BCUT2D eigenvalue weighted by atomic mass is 10.0. The van der Waals surface area contributed by atoms with Gasteiger partial charge in [0, 0.05) is 12.1 Å². The molecule has 3 nitrogen and oxygen atoms in total. The maximum atomic E-state index is 9.58. The van der Waals surface area contributed by atoms with E-state index in [1.165, 1.54) is 0 Å². The van der Waals surface area contributed by atoms with Crippen LogP contribution in [0.4, 0.5) is 5.69 Å². The molecule has 0 radical (unpaired) electrons. The van der Waals surface area contributed by atoms with Gasteiger partial charge in [-0.15, -0.1) is 0 Å². The second-order valence-corrected chi connectivity index (χ2v) is 5.48. The zero-order valence-electron chi connectivity index (χ0n) is 10.9. The van der Waals surface area contributed by atoms with Crippen molar-refractivity contribution in [3.05, 3.63) is 29.3 Å². The normalized spacial score (nSPS) is 23.4. The highest BCUT2D eigenvalue weighted by molar-refractivity contribution is 7.80. The van der Waals surface area contributed by atoms with Crippen LogP contribution in [0.25, 0.3) is 0 Å². The first kappa shape index (κ1) is 13.3. The van der Waals surface area contributed by atoms with Gasteiger partial charge in [-0.05, 0) is 30.9 Å². The molecule has 0 aromatic heterocycles. The number of thiocarbonyl (C=S) groups is 1. The Bertz CT molecular complexity index is 461. The maximum absolute atomic E-state index is 9.58. The van der Waals surface area contributed by atoms with Crippen molar-refractivity contribution in [1.82, 2.24) is 0 Å². The molecule has 0 bridgehead atoms. The summed E-state index contributed by atoms with van der Waals surface area (Å²) in [6.07, 6.45) is 1.09. The number of para-hydroxylation sites is 1. The summed E-state index contributed by atoms with van der Waals surface area (Å²) in [6.45, 7) is 5.37. The molecule has 1 aliphatic heterocycles. The number of hydrogen-bond acceptors (Lipinski definition) is 3. The average molecular weight is 264 g/mol. The van der Waals surface area contributed by atoms with Gasteiger partial charge in [-0.1, -0.05) is 31.3 Å². The quantitative estimate of drug-likeness (QED) is 0.818. The molecule has 4 heteroatoms. The Morgan fingerprint density at radius 1 is 1.56 bits per heavy atom. The summed E-state index contributed by atoms with van der Waals surface area (Å²) in [5.74, 6) is 0.494. The van der Waals surface area contributed by atoms with Gasteiger partial charge in [-0.3, -0.25) is 0 Å². The number of rotatable bonds is 3. The molecule has 1 aliphatic rings. The summed E-state index contributed by atoms with van der Waals surface area (Å²) < 4.78 is 0. The summed E-state index contributed by atoms with van der Waals surface area (Å²) >= 11 is 5.14. The minimum atomic E-state index is 0.166. The van der Waals surface area contributed by atoms with E-state index in [1.807, 2.05) is 12.1 Å². The van der Waals surface area contributed by atoms with Crippen LogP contribution in [0.15, 0.2) is 18.2 Å². The zero-order valence-corrected chi connectivity index (χ0v) is 11.7. The lowest BCUT2D eigenvalue weighted by Gasteiger charge is -2.30. The number of aliphatic hydroxyl groups excluding tert-OH is 1. The molecule has 1 aromatic carbocycles. The predicted octanol–water partition coefficient (Wildman–Crippen LogP) is 1.84. The Balaban J connectivity index is 2.47. The molecule has 1 saturated heterocycles.